The van der Waals surface area contributed by atoms with Gasteiger partial charge in [-0.25, -0.2) is 9.59 Å². The lowest BCUT2D eigenvalue weighted by Crippen LogP contribution is -2.41. The third-order valence-corrected chi connectivity index (χ3v) is 5.50. The number of rotatable bonds is 5. The average Bonchev–Trinajstić information content (AvgIpc) is 3.31. The number of benzene rings is 2. The molecule has 4 rings (SSSR count). The molecule has 0 radical (unpaired) electrons. The van der Waals surface area contributed by atoms with Crippen LogP contribution in [0.15, 0.2) is 53.1 Å². The number of anilines is 1. The van der Waals surface area contributed by atoms with Crippen LogP contribution in [0.2, 0.25) is 5.02 Å². The van der Waals surface area contributed by atoms with E-state index in [1.807, 2.05) is 12.1 Å². The lowest BCUT2D eigenvalue weighted by molar-refractivity contribution is 0.0526. The van der Waals surface area contributed by atoms with Gasteiger partial charge in [0.2, 0.25) is 11.7 Å². The van der Waals surface area contributed by atoms with E-state index in [0.29, 0.717) is 47.7 Å². The van der Waals surface area contributed by atoms with Crippen LogP contribution in [0.5, 0.6) is 0 Å². The molecule has 1 aliphatic rings. The number of halogens is 1. The fraction of sp³-hybridized carbons (Fsp3) is 0.304. The number of amides is 2. The van der Waals surface area contributed by atoms with Gasteiger partial charge in [0.05, 0.1) is 18.1 Å². The molecule has 2 amide bonds. The van der Waals surface area contributed by atoms with Crippen molar-refractivity contribution < 1.29 is 18.8 Å². The molecule has 0 bridgehead atoms. The zero-order chi connectivity index (χ0) is 22.5. The largest absolute Gasteiger partial charge is 0.462 e. The average molecular weight is 455 g/mol. The molecule has 0 aliphatic carbocycles. The minimum Gasteiger partial charge on any atom is -0.462 e. The summed E-state index contributed by atoms with van der Waals surface area (Å²) in [6, 6.07) is 13.6. The zero-order valence-corrected chi connectivity index (χ0v) is 18.3. The molecule has 166 valence electrons. The second-order valence-electron chi connectivity index (χ2n) is 7.48. The SMILES string of the molecule is CCOC(=O)c1ccc(NC(=O)N2CCCC(c3nc(-c4ccc(Cl)cc4)no3)C2)cc1. The van der Waals surface area contributed by atoms with Gasteiger partial charge in [0.15, 0.2) is 0 Å². The van der Waals surface area contributed by atoms with Crippen LogP contribution in [0.1, 0.15) is 41.9 Å². The Morgan fingerprint density at radius 2 is 1.94 bits per heavy atom. The molecule has 1 atom stereocenters. The molecule has 32 heavy (non-hydrogen) atoms. The van der Waals surface area contributed by atoms with Crippen molar-refractivity contribution in [2.45, 2.75) is 25.7 Å². The molecular weight excluding hydrogens is 432 g/mol. The third-order valence-electron chi connectivity index (χ3n) is 5.25. The summed E-state index contributed by atoms with van der Waals surface area (Å²) in [5, 5.41) is 7.59. The van der Waals surface area contributed by atoms with Gasteiger partial charge in [-0.1, -0.05) is 16.8 Å². The van der Waals surface area contributed by atoms with Crippen LogP contribution in [0, 0.1) is 0 Å². The highest BCUT2D eigenvalue weighted by atomic mass is 35.5. The molecule has 3 aromatic rings. The minimum absolute atomic E-state index is 0.0331. The molecule has 8 nitrogen and oxygen atoms in total. The highest BCUT2D eigenvalue weighted by Gasteiger charge is 2.29. The number of likely N-dealkylation sites (tertiary alicyclic amines) is 1. The number of hydrogen-bond acceptors (Lipinski definition) is 6. The number of piperidine rings is 1. The molecule has 1 fully saturated rings. The number of carbonyl (C=O) groups is 2. The monoisotopic (exact) mass is 454 g/mol. The molecule has 2 aromatic carbocycles. The summed E-state index contributed by atoms with van der Waals surface area (Å²) in [6.07, 6.45) is 1.69. The number of urea groups is 1. The van der Waals surface area contributed by atoms with Crippen molar-refractivity contribution in [2.75, 3.05) is 25.0 Å². The molecule has 1 aromatic heterocycles. The van der Waals surface area contributed by atoms with Gasteiger partial charge >= 0.3 is 12.0 Å². The van der Waals surface area contributed by atoms with Gasteiger partial charge in [0.1, 0.15) is 0 Å². The topological polar surface area (TPSA) is 97.6 Å². The molecule has 1 unspecified atom stereocenters. The first-order valence-electron chi connectivity index (χ1n) is 10.5. The van der Waals surface area contributed by atoms with Gasteiger partial charge in [0, 0.05) is 29.4 Å². The van der Waals surface area contributed by atoms with Crippen molar-refractivity contribution >= 4 is 29.3 Å². The smallest absolute Gasteiger partial charge is 0.338 e. The Morgan fingerprint density at radius 3 is 2.66 bits per heavy atom. The molecule has 2 heterocycles. The Bertz CT molecular complexity index is 1080. The van der Waals surface area contributed by atoms with Crippen LogP contribution in [-0.2, 0) is 4.74 Å². The van der Waals surface area contributed by atoms with E-state index in [0.717, 1.165) is 18.4 Å². The maximum atomic E-state index is 12.8. The van der Waals surface area contributed by atoms with E-state index in [2.05, 4.69) is 15.5 Å². The van der Waals surface area contributed by atoms with E-state index in [9.17, 15) is 9.59 Å². The normalized spacial score (nSPS) is 15.9. The quantitative estimate of drug-likeness (QED) is 0.546. The van der Waals surface area contributed by atoms with Crippen LogP contribution in [0.4, 0.5) is 10.5 Å². The van der Waals surface area contributed by atoms with Gasteiger partial charge in [-0.2, -0.15) is 4.98 Å². The number of ether oxygens (including phenoxy) is 1. The van der Waals surface area contributed by atoms with Crippen LogP contribution >= 0.6 is 11.6 Å². The second-order valence-corrected chi connectivity index (χ2v) is 7.91. The van der Waals surface area contributed by atoms with Gasteiger partial charge in [-0.05, 0) is 68.3 Å². The van der Waals surface area contributed by atoms with Crippen LogP contribution in [0.25, 0.3) is 11.4 Å². The Morgan fingerprint density at radius 1 is 1.19 bits per heavy atom. The Kier molecular flexibility index (Phi) is 6.70. The predicted molar refractivity (Wildman–Crippen MR) is 120 cm³/mol. The summed E-state index contributed by atoms with van der Waals surface area (Å²) < 4.78 is 10.5. The highest BCUT2D eigenvalue weighted by molar-refractivity contribution is 6.30. The van der Waals surface area contributed by atoms with E-state index < -0.39 is 0 Å². The minimum atomic E-state index is -0.387. The first-order valence-corrected chi connectivity index (χ1v) is 10.8. The molecule has 0 saturated carbocycles. The number of hydrogen-bond donors (Lipinski definition) is 1. The summed E-state index contributed by atoms with van der Waals surface area (Å²) in [7, 11) is 0. The summed E-state index contributed by atoms with van der Waals surface area (Å²) in [4.78, 5) is 30.8. The van der Waals surface area contributed by atoms with E-state index >= 15 is 0 Å². The van der Waals surface area contributed by atoms with Gasteiger partial charge in [0.25, 0.3) is 0 Å². The molecule has 9 heteroatoms. The zero-order valence-electron chi connectivity index (χ0n) is 17.6. The van der Waals surface area contributed by atoms with Crippen LogP contribution in [0.3, 0.4) is 0 Å². The van der Waals surface area contributed by atoms with Crippen LogP contribution in [-0.4, -0.2) is 46.7 Å². The fourth-order valence-corrected chi connectivity index (χ4v) is 3.71. The lowest BCUT2D eigenvalue weighted by atomic mass is 9.98. The summed E-state index contributed by atoms with van der Waals surface area (Å²) >= 11 is 5.94. The van der Waals surface area contributed by atoms with Crippen molar-refractivity contribution in [3.8, 4) is 11.4 Å². The number of esters is 1. The second kappa shape index (κ2) is 9.82. The van der Waals surface area contributed by atoms with Crippen molar-refractivity contribution in [3.05, 3.63) is 65.0 Å². The fourth-order valence-electron chi connectivity index (χ4n) is 3.59. The Hall–Kier alpha value is -3.39. The summed E-state index contributed by atoms with van der Waals surface area (Å²) in [5.74, 6) is 0.599. The standard InChI is InChI=1S/C23H23ClN4O4/c1-2-31-22(29)16-7-11-19(12-8-16)25-23(30)28-13-3-4-17(14-28)21-26-20(27-32-21)15-5-9-18(24)10-6-15/h5-12,17H,2-4,13-14H2,1H3,(H,25,30). The summed E-state index contributed by atoms with van der Waals surface area (Å²) in [5.41, 5.74) is 1.87. The maximum Gasteiger partial charge on any atom is 0.338 e. The van der Waals surface area contributed by atoms with Crippen LogP contribution < -0.4 is 5.32 Å². The first kappa shape index (κ1) is 21.8. The Labute approximate surface area is 190 Å². The highest BCUT2D eigenvalue weighted by Crippen LogP contribution is 2.28. The van der Waals surface area contributed by atoms with Gasteiger partial charge < -0.3 is 19.5 Å². The first-order chi connectivity index (χ1) is 15.5. The molecular formula is C23H23ClN4O4. The summed E-state index contributed by atoms with van der Waals surface area (Å²) in [6.45, 7) is 3.19. The van der Waals surface area contributed by atoms with E-state index in [-0.39, 0.29) is 17.9 Å². The molecule has 1 aliphatic heterocycles. The molecule has 1 saturated heterocycles. The Balaban J connectivity index is 1.38. The number of nitrogens with zero attached hydrogens (tertiary/aromatic N) is 3. The van der Waals surface area contributed by atoms with Crippen molar-refractivity contribution in [1.82, 2.24) is 15.0 Å². The predicted octanol–water partition coefficient (Wildman–Crippen LogP) is 4.98. The maximum absolute atomic E-state index is 12.8. The lowest BCUT2D eigenvalue weighted by Gasteiger charge is -2.31. The number of nitrogens with one attached hydrogen (secondary N) is 1. The third kappa shape index (κ3) is 5.08. The van der Waals surface area contributed by atoms with E-state index in [4.69, 9.17) is 20.9 Å². The molecule has 0 spiro atoms. The number of aromatic nitrogens is 2. The number of carbonyl (C=O) groups excluding carboxylic acids is 2. The van der Waals surface area contributed by atoms with Gasteiger partial charge in [-0.15, -0.1) is 0 Å². The molecule has 1 N–H and O–H groups in total. The van der Waals surface area contributed by atoms with Crippen molar-refractivity contribution in [2.24, 2.45) is 0 Å². The van der Waals surface area contributed by atoms with Crippen molar-refractivity contribution in [3.63, 3.8) is 0 Å². The van der Waals surface area contributed by atoms with Crippen molar-refractivity contribution in [1.29, 1.82) is 0 Å². The van der Waals surface area contributed by atoms with E-state index in [1.54, 1.807) is 48.2 Å². The van der Waals surface area contributed by atoms with Gasteiger partial charge in [-0.3, -0.25) is 0 Å². The van der Waals surface area contributed by atoms with E-state index in [1.165, 1.54) is 0 Å².